The molecule has 2 heterocycles. The Labute approximate surface area is 236 Å². The summed E-state index contributed by atoms with van der Waals surface area (Å²) < 4.78 is 0. The van der Waals surface area contributed by atoms with Gasteiger partial charge in [0.15, 0.2) is 10.00 Å². The molecule has 0 radical (unpaired) electrons. The number of nitrogens with one attached hydrogen (secondary N) is 3. The molecular weight excluding hydrogens is 546 g/mol. The molecule has 2 aliphatic rings. The Morgan fingerprint density at radius 3 is 2.68 bits per heavy atom. The minimum Gasteiger partial charge on any atom is -0.397 e. The molecular formula is C25H32ClN7O3S2. The number of halogens is 1. The Hall–Kier alpha value is -2.80. The molecule has 10 nitrogen and oxygen atoms in total. The van der Waals surface area contributed by atoms with E-state index in [1.807, 2.05) is 7.05 Å². The maximum absolute atomic E-state index is 13.3. The number of likely N-dealkylation sites (N-methyl/N-ethyl adjacent to an activating group) is 1. The first-order valence-electron chi connectivity index (χ1n) is 12.4. The summed E-state index contributed by atoms with van der Waals surface area (Å²) >= 11 is 12.7. The molecule has 3 atom stereocenters. The SMILES string of the molecule is CN1CCc2nc(C(=O)NC3CC(C(=O)N(C)C)CCC3NC(=S)C(=O)Nc3ccc(Cl)c(N)c3)sc2C1. The second kappa shape index (κ2) is 11.9. The molecule has 3 amide bonds. The van der Waals surface area contributed by atoms with Crippen LogP contribution in [0.1, 0.15) is 39.6 Å². The van der Waals surface area contributed by atoms with Crippen LogP contribution in [0.5, 0.6) is 0 Å². The molecule has 0 bridgehead atoms. The Balaban J connectivity index is 1.46. The fraction of sp³-hybridized carbons (Fsp3) is 0.480. The van der Waals surface area contributed by atoms with E-state index in [1.165, 1.54) is 11.3 Å². The fourth-order valence-electron chi connectivity index (χ4n) is 4.79. The lowest BCUT2D eigenvalue weighted by Gasteiger charge is -2.37. The summed E-state index contributed by atoms with van der Waals surface area (Å²) in [7, 11) is 5.49. The fourth-order valence-corrected chi connectivity index (χ4v) is 6.20. The summed E-state index contributed by atoms with van der Waals surface area (Å²) in [6.07, 6.45) is 2.39. The molecule has 0 saturated heterocycles. The van der Waals surface area contributed by atoms with Gasteiger partial charge in [-0.05, 0) is 44.5 Å². The lowest BCUT2D eigenvalue weighted by atomic mass is 9.81. The van der Waals surface area contributed by atoms with E-state index in [9.17, 15) is 14.4 Å². The predicted octanol–water partition coefficient (Wildman–Crippen LogP) is 2.28. The number of hydrogen-bond donors (Lipinski definition) is 4. The number of benzene rings is 1. The van der Waals surface area contributed by atoms with Crippen molar-refractivity contribution in [3.05, 3.63) is 38.8 Å². The third-order valence-electron chi connectivity index (χ3n) is 6.85. The average Bonchev–Trinajstić information content (AvgIpc) is 3.30. The van der Waals surface area contributed by atoms with Gasteiger partial charge in [-0.25, -0.2) is 4.98 Å². The topological polar surface area (TPSA) is 133 Å². The van der Waals surface area contributed by atoms with E-state index in [0.29, 0.717) is 40.7 Å². The van der Waals surface area contributed by atoms with Crippen molar-refractivity contribution in [2.24, 2.45) is 5.92 Å². The van der Waals surface area contributed by atoms with Crippen molar-refractivity contribution in [2.75, 3.05) is 38.7 Å². The molecule has 0 spiro atoms. The van der Waals surface area contributed by atoms with Crippen LogP contribution in [0.2, 0.25) is 5.02 Å². The lowest BCUT2D eigenvalue weighted by Crippen LogP contribution is -2.56. The number of anilines is 2. The summed E-state index contributed by atoms with van der Waals surface area (Å²) in [5, 5.41) is 9.70. The summed E-state index contributed by atoms with van der Waals surface area (Å²) in [4.78, 5) is 48.2. The van der Waals surface area contributed by atoms with Gasteiger partial charge < -0.3 is 31.5 Å². The Morgan fingerprint density at radius 2 is 1.97 bits per heavy atom. The van der Waals surface area contributed by atoms with Crippen molar-refractivity contribution in [1.29, 1.82) is 0 Å². The second-order valence-electron chi connectivity index (χ2n) is 9.97. The van der Waals surface area contributed by atoms with Gasteiger partial charge in [-0.1, -0.05) is 23.8 Å². The third kappa shape index (κ3) is 6.60. The molecule has 1 fully saturated rings. The summed E-state index contributed by atoms with van der Waals surface area (Å²) in [6, 6.07) is 4.01. The zero-order valence-electron chi connectivity index (χ0n) is 21.5. The van der Waals surface area contributed by atoms with E-state index in [1.54, 1.807) is 37.2 Å². The molecule has 4 rings (SSSR count). The third-order valence-corrected chi connectivity index (χ3v) is 8.58. The number of rotatable bonds is 5. The van der Waals surface area contributed by atoms with Gasteiger partial charge in [-0.3, -0.25) is 14.4 Å². The molecule has 2 aromatic rings. The average molecular weight is 578 g/mol. The number of nitrogen functional groups attached to an aromatic ring is 1. The highest BCUT2D eigenvalue weighted by molar-refractivity contribution is 7.82. The molecule has 1 aromatic carbocycles. The first kappa shape index (κ1) is 28.2. The molecule has 1 saturated carbocycles. The van der Waals surface area contributed by atoms with Crippen molar-refractivity contribution < 1.29 is 14.4 Å². The van der Waals surface area contributed by atoms with Crippen LogP contribution in [-0.4, -0.2) is 77.3 Å². The highest BCUT2D eigenvalue weighted by Crippen LogP contribution is 2.29. The van der Waals surface area contributed by atoms with Crippen LogP contribution >= 0.6 is 35.2 Å². The number of carbonyl (C=O) groups excluding carboxylic acids is 3. The normalized spacial score (nSPS) is 21.2. The molecule has 5 N–H and O–H groups in total. The number of nitrogens with zero attached hydrogens (tertiary/aromatic N) is 3. The maximum atomic E-state index is 13.3. The van der Waals surface area contributed by atoms with Crippen LogP contribution in [0.4, 0.5) is 11.4 Å². The van der Waals surface area contributed by atoms with Crippen molar-refractivity contribution in [3.63, 3.8) is 0 Å². The lowest BCUT2D eigenvalue weighted by molar-refractivity contribution is -0.134. The zero-order chi connectivity index (χ0) is 27.6. The molecule has 3 unspecified atom stereocenters. The standard InChI is InChI=1S/C25H32ClN7O3S2/c1-32(2)25(36)13-4-7-17(30-23(37)21(34)28-14-5-6-15(26)16(27)11-14)19(10-13)29-22(35)24-31-18-8-9-33(3)12-20(18)38-24/h5-6,11,13,17,19H,4,7-10,12,27H2,1-3H3,(H,28,34)(H,29,35)(H,30,37). The van der Waals surface area contributed by atoms with E-state index >= 15 is 0 Å². The number of aromatic nitrogens is 1. The van der Waals surface area contributed by atoms with Crippen LogP contribution < -0.4 is 21.7 Å². The van der Waals surface area contributed by atoms with Crippen LogP contribution in [0.25, 0.3) is 0 Å². The van der Waals surface area contributed by atoms with Crippen molar-refractivity contribution in [3.8, 4) is 0 Å². The number of hydrogen-bond acceptors (Lipinski definition) is 8. The molecule has 38 heavy (non-hydrogen) atoms. The number of amides is 3. The van der Waals surface area contributed by atoms with Crippen molar-refractivity contribution >= 4 is 69.2 Å². The van der Waals surface area contributed by atoms with Gasteiger partial charge in [0, 0.05) is 56.1 Å². The second-order valence-corrected chi connectivity index (χ2v) is 11.9. The highest BCUT2D eigenvalue weighted by atomic mass is 35.5. The Kier molecular flexibility index (Phi) is 8.86. The van der Waals surface area contributed by atoms with Gasteiger partial charge in [-0.2, -0.15) is 0 Å². The van der Waals surface area contributed by atoms with Crippen LogP contribution in [0.3, 0.4) is 0 Å². The monoisotopic (exact) mass is 577 g/mol. The number of fused-ring (bicyclic) bond motifs is 1. The molecule has 204 valence electrons. The quantitative estimate of drug-likeness (QED) is 0.314. The van der Waals surface area contributed by atoms with Gasteiger partial charge in [0.05, 0.1) is 22.4 Å². The van der Waals surface area contributed by atoms with Crippen LogP contribution in [0, 0.1) is 5.92 Å². The number of thiocarbonyl (C=S) groups is 1. The summed E-state index contributed by atoms with van der Waals surface area (Å²) in [5.74, 6) is -1.02. The van der Waals surface area contributed by atoms with E-state index in [2.05, 4.69) is 25.8 Å². The zero-order valence-corrected chi connectivity index (χ0v) is 23.9. The molecule has 1 aliphatic carbocycles. The summed E-state index contributed by atoms with van der Waals surface area (Å²) in [6.45, 7) is 1.68. The van der Waals surface area contributed by atoms with Gasteiger partial charge in [0.2, 0.25) is 5.91 Å². The predicted molar refractivity (Wildman–Crippen MR) is 153 cm³/mol. The largest absolute Gasteiger partial charge is 0.397 e. The van der Waals surface area contributed by atoms with E-state index in [0.717, 1.165) is 30.1 Å². The summed E-state index contributed by atoms with van der Waals surface area (Å²) in [5.41, 5.74) is 7.59. The van der Waals surface area contributed by atoms with Gasteiger partial charge in [-0.15, -0.1) is 11.3 Å². The van der Waals surface area contributed by atoms with E-state index < -0.39 is 11.9 Å². The number of thiazole rings is 1. The van der Waals surface area contributed by atoms with E-state index in [-0.39, 0.29) is 28.8 Å². The van der Waals surface area contributed by atoms with Crippen LogP contribution in [-0.2, 0) is 22.6 Å². The number of carbonyl (C=O) groups is 3. The van der Waals surface area contributed by atoms with Crippen LogP contribution in [0.15, 0.2) is 18.2 Å². The Bertz CT molecular complexity index is 1250. The Morgan fingerprint density at radius 1 is 1.21 bits per heavy atom. The van der Waals surface area contributed by atoms with Gasteiger partial charge >= 0.3 is 0 Å². The van der Waals surface area contributed by atoms with Crippen molar-refractivity contribution in [1.82, 2.24) is 25.4 Å². The van der Waals surface area contributed by atoms with Crippen molar-refractivity contribution in [2.45, 2.75) is 44.3 Å². The maximum Gasteiger partial charge on any atom is 0.283 e. The molecule has 13 heteroatoms. The highest BCUT2D eigenvalue weighted by Gasteiger charge is 2.37. The van der Waals surface area contributed by atoms with E-state index in [4.69, 9.17) is 29.6 Å². The molecule has 1 aromatic heterocycles. The first-order valence-corrected chi connectivity index (χ1v) is 14.0. The minimum absolute atomic E-state index is 0.0103. The molecule has 1 aliphatic heterocycles. The minimum atomic E-state index is -0.505. The van der Waals surface area contributed by atoms with Gasteiger partial charge in [0.1, 0.15) is 0 Å². The first-order chi connectivity index (χ1) is 18.0. The van der Waals surface area contributed by atoms with Gasteiger partial charge in [0.25, 0.3) is 11.8 Å². The smallest absolute Gasteiger partial charge is 0.283 e. The number of nitrogens with two attached hydrogens (primary N) is 1.